The molecule has 1 aromatic carbocycles. The third-order valence-electron chi connectivity index (χ3n) is 14.0. The maximum atomic E-state index is 13.8. The minimum absolute atomic E-state index is 0.176. The molecule has 9 atom stereocenters. The van der Waals surface area contributed by atoms with Crippen molar-refractivity contribution in [3.05, 3.63) is 47.5 Å². The number of fused-ring (bicyclic) bond motifs is 4. The summed E-state index contributed by atoms with van der Waals surface area (Å²) in [5, 5.41) is 39.3. The summed E-state index contributed by atoms with van der Waals surface area (Å²) in [6.45, 7) is 6.66. The molecule has 50 heavy (non-hydrogen) atoms. The minimum atomic E-state index is -1.65. The molecule has 3 N–H and O–H groups in total. The van der Waals surface area contributed by atoms with E-state index in [0.29, 0.717) is 43.9 Å². The first-order valence-electron chi connectivity index (χ1n) is 19.6. The van der Waals surface area contributed by atoms with Crippen molar-refractivity contribution >= 4 is 11.9 Å². The van der Waals surface area contributed by atoms with E-state index in [-0.39, 0.29) is 36.8 Å². The van der Waals surface area contributed by atoms with Gasteiger partial charge in [0.2, 0.25) is 0 Å². The van der Waals surface area contributed by atoms with E-state index in [9.17, 15) is 24.9 Å². The van der Waals surface area contributed by atoms with Gasteiger partial charge in [-0.15, -0.1) is 5.92 Å². The van der Waals surface area contributed by atoms with Gasteiger partial charge in [0.05, 0.1) is 35.1 Å². The van der Waals surface area contributed by atoms with Crippen LogP contribution in [0.1, 0.15) is 129 Å². The van der Waals surface area contributed by atoms with Gasteiger partial charge in [0.1, 0.15) is 12.7 Å². The summed E-state index contributed by atoms with van der Waals surface area (Å²) in [4.78, 5) is 25.5. The normalized spacial score (nSPS) is 37.1. The van der Waals surface area contributed by atoms with E-state index in [0.717, 1.165) is 63.4 Å². The zero-order chi connectivity index (χ0) is 35.6. The number of esters is 2. The van der Waals surface area contributed by atoms with Crippen LogP contribution < -0.4 is 0 Å². The van der Waals surface area contributed by atoms with Gasteiger partial charge in [-0.25, -0.2) is 4.79 Å². The van der Waals surface area contributed by atoms with Crippen molar-refractivity contribution < 1.29 is 34.4 Å². The number of aryl methyl sites for hydroxylation is 1. The quantitative estimate of drug-likeness (QED) is 0.157. The summed E-state index contributed by atoms with van der Waals surface area (Å²) in [7, 11) is 0. The Bertz CT molecular complexity index is 1450. The van der Waals surface area contributed by atoms with Gasteiger partial charge in [-0.2, -0.15) is 0 Å². The summed E-state index contributed by atoms with van der Waals surface area (Å²) in [5.41, 5.74) is -2.41. The number of hydrogen-bond acceptors (Lipinski definition) is 7. The number of hydrogen-bond donors (Lipinski definition) is 3. The average molecular weight is 689 g/mol. The molecule has 3 fully saturated rings. The fourth-order valence-electron chi connectivity index (χ4n) is 11.4. The molecule has 2 bridgehead atoms. The highest BCUT2D eigenvalue weighted by molar-refractivity contribution is 5.85. The molecule has 6 rings (SSSR count). The molecule has 0 saturated heterocycles. The molecule has 3 saturated carbocycles. The number of cyclic esters (lactones) is 1. The van der Waals surface area contributed by atoms with Crippen molar-refractivity contribution in [2.45, 2.75) is 154 Å². The lowest BCUT2D eigenvalue weighted by Crippen LogP contribution is -2.79. The van der Waals surface area contributed by atoms with Gasteiger partial charge >= 0.3 is 11.9 Å². The van der Waals surface area contributed by atoms with Gasteiger partial charge in [0.15, 0.2) is 0 Å². The lowest BCUT2D eigenvalue weighted by atomic mass is 9.35. The van der Waals surface area contributed by atoms with Gasteiger partial charge in [0.25, 0.3) is 0 Å². The van der Waals surface area contributed by atoms with Crippen LogP contribution in [0.4, 0.5) is 0 Å². The van der Waals surface area contributed by atoms with E-state index in [2.05, 4.69) is 50.0 Å². The Morgan fingerprint density at radius 1 is 1.00 bits per heavy atom. The standard InChI is InChI=1S/C43H60O7/c1-30(13-12-16-31-14-6-4-7-15-31)20-21-35(44)43-36(45)23-25-41(3,33-17-8-5-9-18-33)39(43)34-28-40(2,24-11-10-19-37(46)50-34)42(43,48)26-22-32-27-38(47)49-29-32/h4,6-7,14-15,27,30,33-36,39,44-45,48H,5,8-10,12-13,16-23,25-26,28-29H2,1-3H3/t30-,34-,35+,36-,39+,40+,41+,42-,43+/m1/s1. The number of carbonyl (C=O) groups excluding carboxylic acids is 2. The topological polar surface area (TPSA) is 113 Å². The van der Waals surface area contributed by atoms with Crippen molar-refractivity contribution in [2.24, 2.45) is 34.0 Å². The molecule has 0 spiro atoms. The summed E-state index contributed by atoms with van der Waals surface area (Å²) < 4.78 is 11.7. The molecule has 274 valence electrons. The number of ether oxygens (including phenoxy) is 2. The third kappa shape index (κ3) is 6.82. The second kappa shape index (κ2) is 15.1. The Kier molecular flexibility index (Phi) is 11.2. The zero-order valence-electron chi connectivity index (χ0n) is 30.6. The fourth-order valence-corrected chi connectivity index (χ4v) is 11.4. The second-order valence-corrected chi connectivity index (χ2v) is 17.0. The molecule has 7 heteroatoms. The lowest BCUT2D eigenvalue weighted by Gasteiger charge is -2.72. The zero-order valence-corrected chi connectivity index (χ0v) is 30.6. The lowest BCUT2D eigenvalue weighted by molar-refractivity contribution is -0.338. The molecule has 0 amide bonds. The van der Waals surface area contributed by atoms with E-state index in [1.807, 2.05) is 13.0 Å². The number of benzene rings is 1. The molecule has 0 radical (unpaired) electrons. The highest BCUT2D eigenvalue weighted by atomic mass is 16.5. The first-order chi connectivity index (χ1) is 23.9. The molecule has 1 aromatic rings. The van der Waals surface area contributed by atoms with Crippen LogP contribution in [0.2, 0.25) is 0 Å². The van der Waals surface area contributed by atoms with Gasteiger partial charge < -0.3 is 24.8 Å². The predicted octanol–water partition coefficient (Wildman–Crippen LogP) is 7.24. The van der Waals surface area contributed by atoms with Crippen LogP contribution in [0.15, 0.2) is 42.0 Å². The minimum Gasteiger partial charge on any atom is -0.462 e. The van der Waals surface area contributed by atoms with Gasteiger partial charge in [-0.3, -0.25) is 4.79 Å². The Morgan fingerprint density at radius 3 is 2.48 bits per heavy atom. The molecule has 0 aromatic heterocycles. The maximum absolute atomic E-state index is 13.8. The smallest absolute Gasteiger partial charge is 0.331 e. The van der Waals surface area contributed by atoms with E-state index in [4.69, 9.17) is 9.47 Å². The average Bonchev–Trinajstić information content (AvgIpc) is 3.55. The molecule has 0 unspecified atom stereocenters. The molecule has 3 aliphatic carbocycles. The summed E-state index contributed by atoms with van der Waals surface area (Å²) in [6, 6.07) is 10.5. The Hall–Kier alpha value is -2.66. The molecule has 2 heterocycles. The van der Waals surface area contributed by atoms with Crippen LogP contribution in [-0.2, 0) is 25.5 Å². The van der Waals surface area contributed by atoms with Crippen LogP contribution in [0.5, 0.6) is 0 Å². The third-order valence-corrected chi connectivity index (χ3v) is 14.0. The Morgan fingerprint density at radius 2 is 1.76 bits per heavy atom. The summed E-state index contributed by atoms with van der Waals surface area (Å²) in [5.74, 6) is 6.16. The number of carbonyl (C=O) groups is 2. The monoisotopic (exact) mass is 688 g/mol. The van der Waals surface area contributed by atoms with E-state index >= 15 is 0 Å². The SMILES string of the molecule is C[C@H](CCCc1ccccc1)CC[C@H](O)[C@]12[C@H](O)CC[C@@](C)(C3CCCCC3)[C@@H]1[C@H]1C[C@](C)(C#CCCC(=O)O1)[C@]2(O)CCC1=CC(=O)OC1. The highest BCUT2D eigenvalue weighted by Crippen LogP contribution is 2.71. The van der Waals surface area contributed by atoms with Crippen LogP contribution in [0.3, 0.4) is 0 Å². The number of aliphatic hydroxyl groups excluding tert-OH is 2. The van der Waals surface area contributed by atoms with Crippen molar-refractivity contribution in [1.29, 1.82) is 0 Å². The molecule has 2 aliphatic heterocycles. The second-order valence-electron chi connectivity index (χ2n) is 17.0. The van der Waals surface area contributed by atoms with Crippen molar-refractivity contribution in [2.75, 3.05) is 6.61 Å². The highest BCUT2D eigenvalue weighted by Gasteiger charge is 2.77. The molecule has 7 nitrogen and oxygen atoms in total. The molecular formula is C43H60O7. The summed E-state index contributed by atoms with van der Waals surface area (Å²) >= 11 is 0. The predicted molar refractivity (Wildman–Crippen MR) is 192 cm³/mol. The van der Waals surface area contributed by atoms with Crippen LogP contribution >= 0.6 is 0 Å². The van der Waals surface area contributed by atoms with Gasteiger partial charge in [-0.05, 0) is 99.5 Å². The van der Waals surface area contributed by atoms with Gasteiger partial charge in [-0.1, -0.05) is 75.8 Å². The Balaban J connectivity index is 1.41. The van der Waals surface area contributed by atoms with Crippen LogP contribution in [0, 0.1) is 45.8 Å². The van der Waals surface area contributed by atoms with Crippen molar-refractivity contribution in [3.8, 4) is 11.8 Å². The van der Waals surface area contributed by atoms with Gasteiger partial charge in [0, 0.05) is 24.8 Å². The van der Waals surface area contributed by atoms with E-state index in [1.54, 1.807) is 0 Å². The largest absolute Gasteiger partial charge is 0.462 e. The van der Waals surface area contributed by atoms with Crippen LogP contribution in [0.25, 0.3) is 0 Å². The maximum Gasteiger partial charge on any atom is 0.331 e. The first-order valence-corrected chi connectivity index (χ1v) is 19.6. The van der Waals surface area contributed by atoms with E-state index < -0.39 is 40.7 Å². The Labute approximate surface area is 299 Å². The summed E-state index contributed by atoms with van der Waals surface area (Å²) in [6.07, 6.45) is 11.2. The fraction of sp³-hybridized carbons (Fsp3) is 0.721. The number of aliphatic hydroxyl groups is 3. The number of rotatable bonds is 12. The van der Waals surface area contributed by atoms with E-state index in [1.165, 1.54) is 18.1 Å². The van der Waals surface area contributed by atoms with Crippen molar-refractivity contribution in [3.63, 3.8) is 0 Å². The molecule has 5 aliphatic rings. The van der Waals surface area contributed by atoms with Crippen molar-refractivity contribution in [1.82, 2.24) is 0 Å². The van der Waals surface area contributed by atoms with Crippen LogP contribution in [-0.4, -0.2) is 57.8 Å². The molecular weight excluding hydrogens is 628 g/mol. The first kappa shape index (κ1) is 37.1.